The first-order valence-electron chi connectivity index (χ1n) is 8.70. The van der Waals surface area contributed by atoms with Gasteiger partial charge in [-0.25, -0.2) is 4.68 Å². The maximum atomic E-state index is 12.3. The fourth-order valence-electron chi connectivity index (χ4n) is 5.02. The SMILES string of the molecule is CC1(C)C[C@H]2C[C@@](C)(CN2Cn2nc(-c3ccco3)ccc2=O)C1. The average molecular weight is 327 g/mol. The van der Waals surface area contributed by atoms with Gasteiger partial charge in [-0.3, -0.25) is 9.69 Å². The molecule has 4 rings (SSSR count). The molecule has 5 nitrogen and oxygen atoms in total. The highest BCUT2D eigenvalue weighted by molar-refractivity contribution is 5.50. The second-order valence-corrected chi connectivity index (χ2v) is 8.64. The molecule has 2 fully saturated rings. The van der Waals surface area contributed by atoms with Gasteiger partial charge in [0.05, 0.1) is 12.9 Å². The van der Waals surface area contributed by atoms with Crippen LogP contribution >= 0.6 is 0 Å². The van der Waals surface area contributed by atoms with Crippen LogP contribution in [0.15, 0.2) is 39.7 Å². The minimum Gasteiger partial charge on any atom is -0.463 e. The molecule has 3 heterocycles. The summed E-state index contributed by atoms with van der Waals surface area (Å²) in [7, 11) is 0. The molecule has 1 saturated carbocycles. The first-order chi connectivity index (χ1) is 11.3. The van der Waals surface area contributed by atoms with E-state index in [-0.39, 0.29) is 5.56 Å². The van der Waals surface area contributed by atoms with Crippen LogP contribution in [0.1, 0.15) is 40.0 Å². The summed E-state index contributed by atoms with van der Waals surface area (Å²) >= 11 is 0. The summed E-state index contributed by atoms with van der Waals surface area (Å²) in [5.74, 6) is 0.692. The fraction of sp³-hybridized carbons (Fsp3) is 0.579. The quantitative estimate of drug-likeness (QED) is 0.867. The lowest BCUT2D eigenvalue weighted by Crippen LogP contribution is -2.38. The van der Waals surface area contributed by atoms with Crippen LogP contribution in [0.3, 0.4) is 0 Å². The molecule has 1 saturated heterocycles. The van der Waals surface area contributed by atoms with Gasteiger partial charge in [-0.1, -0.05) is 20.8 Å². The molecule has 2 aromatic heterocycles. The van der Waals surface area contributed by atoms with Crippen molar-refractivity contribution < 1.29 is 4.42 Å². The van der Waals surface area contributed by atoms with Crippen LogP contribution in [0.5, 0.6) is 0 Å². The van der Waals surface area contributed by atoms with Gasteiger partial charge in [0.15, 0.2) is 5.76 Å². The number of fused-ring (bicyclic) bond motifs is 2. The molecule has 0 aromatic carbocycles. The first kappa shape index (κ1) is 15.6. The summed E-state index contributed by atoms with van der Waals surface area (Å²) in [6.07, 6.45) is 5.29. The van der Waals surface area contributed by atoms with Crippen LogP contribution in [-0.4, -0.2) is 27.3 Å². The molecule has 2 atom stereocenters. The maximum absolute atomic E-state index is 12.3. The van der Waals surface area contributed by atoms with Gasteiger partial charge in [0.2, 0.25) is 0 Å². The summed E-state index contributed by atoms with van der Waals surface area (Å²) in [6.45, 7) is 8.71. The Hall–Kier alpha value is -1.88. The monoisotopic (exact) mass is 327 g/mol. The average Bonchev–Trinajstić information content (AvgIpc) is 3.07. The van der Waals surface area contributed by atoms with Crippen molar-refractivity contribution in [3.8, 4) is 11.5 Å². The summed E-state index contributed by atoms with van der Waals surface area (Å²) in [5, 5.41) is 4.52. The second kappa shape index (κ2) is 5.31. The van der Waals surface area contributed by atoms with Crippen LogP contribution in [0, 0.1) is 10.8 Å². The summed E-state index contributed by atoms with van der Waals surface area (Å²) in [4.78, 5) is 14.7. The van der Waals surface area contributed by atoms with E-state index in [9.17, 15) is 4.79 Å². The number of hydrogen-bond acceptors (Lipinski definition) is 4. The van der Waals surface area contributed by atoms with Crippen molar-refractivity contribution in [1.82, 2.24) is 14.7 Å². The second-order valence-electron chi connectivity index (χ2n) is 8.64. The van der Waals surface area contributed by atoms with E-state index >= 15 is 0 Å². The Morgan fingerprint density at radius 3 is 2.83 bits per heavy atom. The summed E-state index contributed by atoms with van der Waals surface area (Å²) in [5.41, 5.74) is 1.37. The molecule has 128 valence electrons. The van der Waals surface area contributed by atoms with Gasteiger partial charge in [-0.15, -0.1) is 0 Å². The van der Waals surface area contributed by atoms with Crippen LogP contribution in [0.4, 0.5) is 0 Å². The van der Waals surface area contributed by atoms with E-state index < -0.39 is 0 Å². The predicted octanol–water partition coefficient (Wildman–Crippen LogP) is 3.36. The van der Waals surface area contributed by atoms with Crippen LogP contribution in [0.2, 0.25) is 0 Å². The standard InChI is InChI=1S/C19H25N3O2/c1-18(2)9-14-10-19(3,11-18)12-21(14)13-22-17(23)7-6-15(20-22)16-5-4-8-24-16/h4-8,14H,9-13H2,1-3H3/t14-,19+/m0/s1. The lowest BCUT2D eigenvalue weighted by atomic mass is 9.65. The number of aromatic nitrogens is 2. The zero-order valence-electron chi connectivity index (χ0n) is 14.7. The lowest BCUT2D eigenvalue weighted by molar-refractivity contribution is 0.119. The Kier molecular flexibility index (Phi) is 3.46. The van der Waals surface area contributed by atoms with Crippen LogP contribution in [-0.2, 0) is 6.67 Å². The molecule has 2 aliphatic rings. The van der Waals surface area contributed by atoms with Crippen molar-refractivity contribution in [2.45, 2.75) is 52.7 Å². The van der Waals surface area contributed by atoms with E-state index in [1.165, 1.54) is 19.3 Å². The zero-order chi connectivity index (χ0) is 16.9. The van der Waals surface area contributed by atoms with E-state index in [1.807, 2.05) is 12.1 Å². The molecule has 1 aliphatic heterocycles. The van der Waals surface area contributed by atoms with E-state index in [4.69, 9.17) is 4.42 Å². The van der Waals surface area contributed by atoms with Gasteiger partial charge < -0.3 is 4.42 Å². The lowest BCUT2D eigenvalue weighted by Gasteiger charge is -2.39. The predicted molar refractivity (Wildman–Crippen MR) is 92.4 cm³/mol. The normalized spacial score (nSPS) is 29.0. The van der Waals surface area contributed by atoms with Gasteiger partial charge in [0.25, 0.3) is 5.56 Å². The number of rotatable bonds is 3. The van der Waals surface area contributed by atoms with E-state index in [2.05, 4.69) is 30.8 Å². The molecular weight excluding hydrogens is 302 g/mol. The van der Waals surface area contributed by atoms with Crippen molar-refractivity contribution in [2.75, 3.05) is 6.54 Å². The van der Waals surface area contributed by atoms with Gasteiger partial charge in [0, 0.05) is 18.7 Å². The highest BCUT2D eigenvalue weighted by Gasteiger charge is 2.49. The molecule has 0 radical (unpaired) electrons. The highest BCUT2D eigenvalue weighted by atomic mass is 16.3. The van der Waals surface area contributed by atoms with Gasteiger partial charge in [-0.2, -0.15) is 5.10 Å². The van der Waals surface area contributed by atoms with Gasteiger partial charge >= 0.3 is 0 Å². The molecule has 0 amide bonds. The summed E-state index contributed by atoms with van der Waals surface area (Å²) < 4.78 is 6.98. The first-order valence-corrected chi connectivity index (χ1v) is 8.70. The number of likely N-dealkylation sites (tertiary alicyclic amines) is 1. The number of furan rings is 1. The molecule has 0 spiro atoms. The van der Waals surface area contributed by atoms with Crippen molar-refractivity contribution in [1.29, 1.82) is 0 Å². The Labute approximate surface area is 142 Å². The molecule has 2 bridgehead atoms. The Morgan fingerprint density at radius 2 is 2.08 bits per heavy atom. The number of hydrogen-bond donors (Lipinski definition) is 0. The fourth-order valence-corrected chi connectivity index (χ4v) is 5.02. The molecule has 0 N–H and O–H groups in total. The smallest absolute Gasteiger partial charge is 0.268 e. The largest absolute Gasteiger partial charge is 0.463 e. The maximum Gasteiger partial charge on any atom is 0.268 e. The van der Waals surface area contributed by atoms with Gasteiger partial charge in [-0.05, 0) is 48.3 Å². The number of nitrogens with zero attached hydrogens (tertiary/aromatic N) is 3. The van der Waals surface area contributed by atoms with Gasteiger partial charge in [0.1, 0.15) is 5.69 Å². The van der Waals surface area contributed by atoms with Crippen molar-refractivity contribution >= 4 is 0 Å². The summed E-state index contributed by atoms with van der Waals surface area (Å²) in [6, 6.07) is 7.55. The molecule has 1 aliphatic carbocycles. The topological polar surface area (TPSA) is 51.3 Å². The third-order valence-corrected chi connectivity index (χ3v) is 5.48. The Morgan fingerprint density at radius 1 is 1.25 bits per heavy atom. The minimum atomic E-state index is -0.0591. The van der Waals surface area contributed by atoms with Crippen LogP contribution in [0.25, 0.3) is 11.5 Å². The molecule has 0 unspecified atom stereocenters. The Balaban J connectivity index is 1.60. The molecule has 24 heavy (non-hydrogen) atoms. The van der Waals surface area contributed by atoms with E-state index in [0.29, 0.717) is 35.0 Å². The Bertz CT molecular complexity index is 793. The third-order valence-electron chi connectivity index (χ3n) is 5.48. The van der Waals surface area contributed by atoms with Crippen molar-refractivity contribution in [3.05, 3.63) is 40.9 Å². The zero-order valence-corrected chi connectivity index (χ0v) is 14.7. The molecular formula is C19H25N3O2. The van der Waals surface area contributed by atoms with Crippen molar-refractivity contribution in [3.63, 3.8) is 0 Å². The minimum absolute atomic E-state index is 0.0591. The highest BCUT2D eigenvalue weighted by Crippen LogP contribution is 2.52. The third kappa shape index (κ3) is 2.81. The molecule has 2 aromatic rings. The van der Waals surface area contributed by atoms with Crippen LogP contribution < -0.4 is 5.56 Å². The van der Waals surface area contributed by atoms with E-state index in [1.54, 1.807) is 23.1 Å². The molecule has 5 heteroatoms. The van der Waals surface area contributed by atoms with Crippen molar-refractivity contribution in [2.24, 2.45) is 10.8 Å². The van der Waals surface area contributed by atoms with E-state index in [0.717, 1.165) is 6.54 Å².